The van der Waals surface area contributed by atoms with E-state index in [0.29, 0.717) is 12.6 Å². The molecule has 1 aromatic rings. The Labute approximate surface area is 100 Å². The molecule has 1 saturated carbocycles. The first-order chi connectivity index (χ1) is 8.27. The van der Waals surface area contributed by atoms with Crippen LogP contribution >= 0.6 is 0 Å². The molecule has 0 spiro atoms. The van der Waals surface area contributed by atoms with Gasteiger partial charge in [0.05, 0.1) is 11.8 Å². The molecule has 2 rings (SSSR count). The lowest BCUT2D eigenvalue weighted by Crippen LogP contribution is -2.28. The molecule has 0 radical (unpaired) electrons. The Bertz CT molecular complexity index is 391. The van der Waals surface area contributed by atoms with Crippen molar-refractivity contribution < 1.29 is 9.90 Å². The summed E-state index contributed by atoms with van der Waals surface area (Å²) in [6.07, 6.45) is 6.20. The molecule has 1 amide bonds. The number of aromatic nitrogens is 1. The average Bonchev–Trinajstić information content (AvgIpc) is 3.13. The summed E-state index contributed by atoms with van der Waals surface area (Å²) in [6, 6.07) is 2.21. The predicted octanol–water partition coefficient (Wildman–Crippen LogP) is 0.659. The lowest BCUT2D eigenvalue weighted by Gasteiger charge is -2.06. The molecule has 0 aromatic carbocycles. The first-order valence-corrected chi connectivity index (χ1v) is 5.92. The Morgan fingerprint density at radius 2 is 2.29 bits per heavy atom. The van der Waals surface area contributed by atoms with Gasteiger partial charge in [0.1, 0.15) is 5.75 Å². The van der Waals surface area contributed by atoms with Gasteiger partial charge in [-0.3, -0.25) is 9.78 Å². The van der Waals surface area contributed by atoms with Gasteiger partial charge in [-0.05, 0) is 31.9 Å². The van der Waals surface area contributed by atoms with Crippen LogP contribution in [0.15, 0.2) is 18.5 Å². The van der Waals surface area contributed by atoms with Crippen molar-refractivity contribution in [1.82, 2.24) is 15.6 Å². The summed E-state index contributed by atoms with van der Waals surface area (Å²) in [5, 5.41) is 15.6. The number of rotatable bonds is 6. The summed E-state index contributed by atoms with van der Waals surface area (Å²) < 4.78 is 0. The molecule has 0 unspecified atom stereocenters. The maximum Gasteiger partial charge on any atom is 0.255 e. The molecule has 1 aliphatic rings. The number of aromatic hydroxyl groups is 1. The van der Waals surface area contributed by atoms with Gasteiger partial charge in [-0.25, -0.2) is 0 Å². The van der Waals surface area contributed by atoms with Crippen molar-refractivity contribution in [2.45, 2.75) is 25.3 Å². The minimum atomic E-state index is -0.253. The van der Waals surface area contributed by atoms with Gasteiger partial charge in [0, 0.05) is 18.8 Å². The van der Waals surface area contributed by atoms with Gasteiger partial charge in [-0.1, -0.05) is 0 Å². The lowest BCUT2D eigenvalue weighted by atomic mass is 10.2. The third kappa shape index (κ3) is 3.71. The summed E-state index contributed by atoms with van der Waals surface area (Å²) in [5.74, 6) is -0.336. The summed E-state index contributed by atoms with van der Waals surface area (Å²) >= 11 is 0. The largest absolute Gasteiger partial charge is 0.505 e. The molecule has 5 nitrogen and oxygen atoms in total. The molecule has 0 aliphatic heterocycles. The molecular weight excluding hydrogens is 218 g/mol. The topological polar surface area (TPSA) is 74.2 Å². The first-order valence-electron chi connectivity index (χ1n) is 5.92. The Hall–Kier alpha value is -1.62. The van der Waals surface area contributed by atoms with Crippen LogP contribution in [-0.4, -0.2) is 35.1 Å². The highest BCUT2D eigenvalue weighted by atomic mass is 16.3. The zero-order valence-corrected chi connectivity index (χ0v) is 9.65. The zero-order chi connectivity index (χ0) is 12.1. The maximum absolute atomic E-state index is 11.7. The molecule has 5 heteroatoms. The number of carbonyl (C=O) groups is 1. The Morgan fingerprint density at radius 3 is 3.00 bits per heavy atom. The molecule has 17 heavy (non-hydrogen) atoms. The van der Waals surface area contributed by atoms with E-state index < -0.39 is 0 Å². The minimum absolute atomic E-state index is 0.0823. The Balaban J connectivity index is 1.67. The molecule has 0 saturated heterocycles. The molecule has 1 heterocycles. The highest BCUT2D eigenvalue weighted by Gasteiger charge is 2.19. The van der Waals surface area contributed by atoms with E-state index in [4.69, 9.17) is 0 Å². The summed E-state index contributed by atoms with van der Waals surface area (Å²) in [6.45, 7) is 1.54. The standard InChI is InChI=1S/C12H17N3O2/c16-11-8-13-7-4-10(11)12(17)15-6-1-5-14-9-2-3-9/h4,7-9,14,16H,1-3,5-6H2,(H,15,17). The number of hydrogen-bond donors (Lipinski definition) is 3. The SMILES string of the molecule is O=C(NCCCNC1CC1)c1ccncc1O. The van der Waals surface area contributed by atoms with Gasteiger partial charge in [-0.2, -0.15) is 0 Å². The molecule has 0 atom stereocenters. The second-order valence-electron chi connectivity index (χ2n) is 4.23. The second-order valence-corrected chi connectivity index (χ2v) is 4.23. The highest BCUT2D eigenvalue weighted by molar-refractivity contribution is 5.96. The summed E-state index contributed by atoms with van der Waals surface area (Å²) in [4.78, 5) is 15.4. The molecular formula is C12H17N3O2. The zero-order valence-electron chi connectivity index (χ0n) is 9.65. The van der Waals surface area contributed by atoms with Crippen molar-refractivity contribution in [1.29, 1.82) is 0 Å². The molecule has 1 aromatic heterocycles. The Morgan fingerprint density at radius 1 is 1.47 bits per heavy atom. The van der Waals surface area contributed by atoms with Gasteiger partial charge in [0.15, 0.2) is 0 Å². The fourth-order valence-corrected chi connectivity index (χ4v) is 1.56. The van der Waals surface area contributed by atoms with E-state index in [2.05, 4.69) is 15.6 Å². The highest BCUT2D eigenvalue weighted by Crippen LogP contribution is 2.18. The summed E-state index contributed by atoms with van der Waals surface area (Å²) in [5.41, 5.74) is 0.273. The van der Waals surface area contributed by atoms with E-state index in [-0.39, 0.29) is 17.2 Å². The van der Waals surface area contributed by atoms with Crippen LogP contribution in [0.25, 0.3) is 0 Å². The molecule has 0 bridgehead atoms. The third-order valence-electron chi connectivity index (χ3n) is 2.69. The first kappa shape index (κ1) is 11.9. The number of hydrogen-bond acceptors (Lipinski definition) is 4. The molecule has 92 valence electrons. The Kier molecular flexibility index (Phi) is 3.93. The van der Waals surface area contributed by atoms with E-state index in [9.17, 15) is 9.90 Å². The van der Waals surface area contributed by atoms with Crippen LogP contribution in [0.1, 0.15) is 29.6 Å². The van der Waals surface area contributed by atoms with E-state index in [1.165, 1.54) is 31.3 Å². The van der Waals surface area contributed by atoms with Crippen molar-refractivity contribution in [3.63, 3.8) is 0 Å². The van der Waals surface area contributed by atoms with Crippen LogP contribution in [0.3, 0.4) is 0 Å². The lowest BCUT2D eigenvalue weighted by molar-refractivity contribution is 0.0950. The van der Waals surface area contributed by atoms with E-state index in [1.807, 2.05) is 0 Å². The maximum atomic E-state index is 11.7. The van der Waals surface area contributed by atoms with Crippen molar-refractivity contribution in [3.05, 3.63) is 24.0 Å². The quantitative estimate of drug-likeness (QED) is 0.633. The third-order valence-corrected chi connectivity index (χ3v) is 2.69. The normalized spacial score (nSPS) is 14.6. The smallest absolute Gasteiger partial charge is 0.255 e. The van der Waals surface area contributed by atoms with E-state index in [1.54, 1.807) is 0 Å². The molecule has 1 fully saturated rings. The molecule has 3 N–H and O–H groups in total. The summed E-state index contributed by atoms with van der Waals surface area (Å²) in [7, 11) is 0. The number of carbonyl (C=O) groups excluding carboxylic acids is 1. The van der Waals surface area contributed by atoms with Gasteiger partial charge in [0.25, 0.3) is 5.91 Å². The fourth-order valence-electron chi connectivity index (χ4n) is 1.56. The van der Waals surface area contributed by atoms with E-state index >= 15 is 0 Å². The molecule has 1 aliphatic carbocycles. The average molecular weight is 235 g/mol. The monoisotopic (exact) mass is 235 g/mol. The van der Waals surface area contributed by atoms with Crippen LogP contribution in [-0.2, 0) is 0 Å². The van der Waals surface area contributed by atoms with Gasteiger partial charge < -0.3 is 15.7 Å². The van der Waals surface area contributed by atoms with Gasteiger partial charge in [0.2, 0.25) is 0 Å². The van der Waals surface area contributed by atoms with Crippen molar-refractivity contribution in [2.75, 3.05) is 13.1 Å². The van der Waals surface area contributed by atoms with Crippen molar-refractivity contribution in [2.24, 2.45) is 0 Å². The van der Waals surface area contributed by atoms with Crippen LogP contribution < -0.4 is 10.6 Å². The predicted molar refractivity (Wildman–Crippen MR) is 63.9 cm³/mol. The number of amides is 1. The van der Waals surface area contributed by atoms with Crippen LogP contribution in [0, 0.1) is 0 Å². The van der Waals surface area contributed by atoms with Crippen molar-refractivity contribution in [3.8, 4) is 5.75 Å². The van der Waals surface area contributed by atoms with Crippen LogP contribution in [0.5, 0.6) is 5.75 Å². The second kappa shape index (κ2) is 5.63. The number of pyridine rings is 1. The van der Waals surface area contributed by atoms with E-state index in [0.717, 1.165) is 13.0 Å². The van der Waals surface area contributed by atoms with Gasteiger partial charge in [-0.15, -0.1) is 0 Å². The number of nitrogens with zero attached hydrogens (tertiary/aromatic N) is 1. The van der Waals surface area contributed by atoms with Crippen LogP contribution in [0.2, 0.25) is 0 Å². The minimum Gasteiger partial charge on any atom is -0.505 e. The number of nitrogens with one attached hydrogen (secondary N) is 2. The van der Waals surface area contributed by atoms with Crippen molar-refractivity contribution >= 4 is 5.91 Å². The van der Waals surface area contributed by atoms with Gasteiger partial charge >= 0.3 is 0 Å². The van der Waals surface area contributed by atoms with Crippen LogP contribution in [0.4, 0.5) is 0 Å². The fraction of sp³-hybridized carbons (Fsp3) is 0.500.